The molecule has 0 radical (unpaired) electrons. The molecule has 0 saturated carbocycles. The fraction of sp³-hybridized carbons (Fsp3) is 0.684. The molecule has 2 atom stereocenters. The van der Waals surface area contributed by atoms with E-state index in [1.54, 1.807) is 6.92 Å². The summed E-state index contributed by atoms with van der Waals surface area (Å²) < 4.78 is 14.0. The molecule has 0 unspecified atom stereocenters. The Morgan fingerprint density at radius 3 is 2.67 bits per heavy atom. The molecule has 2 aliphatic rings. The zero-order valence-corrected chi connectivity index (χ0v) is 19.7. The second-order valence-electron chi connectivity index (χ2n) is 7.13. The molecule has 2 N–H and O–H groups in total. The Morgan fingerprint density at radius 1 is 1.23 bits per heavy atom. The molecule has 7 nitrogen and oxygen atoms in total. The highest BCUT2D eigenvalue weighted by molar-refractivity contribution is 7.16. The summed E-state index contributed by atoms with van der Waals surface area (Å²) in [6.07, 6.45) is 3.51. The van der Waals surface area contributed by atoms with Gasteiger partial charge in [-0.1, -0.05) is 34.8 Å². The summed E-state index contributed by atoms with van der Waals surface area (Å²) in [5, 5.41) is 6.07. The first-order chi connectivity index (χ1) is 14.3. The minimum Gasteiger partial charge on any atom is -0.462 e. The summed E-state index contributed by atoms with van der Waals surface area (Å²) in [7, 11) is 0. The number of halogens is 3. The van der Waals surface area contributed by atoms with E-state index in [1.807, 2.05) is 0 Å². The normalized spacial score (nSPS) is 19.7. The van der Waals surface area contributed by atoms with Gasteiger partial charge in [-0.15, -0.1) is 11.3 Å². The Hall–Kier alpha value is -0.930. The third-order valence-electron chi connectivity index (χ3n) is 4.94. The van der Waals surface area contributed by atoms with Crippen LogP contribution >= 0.6 is 46.1 Å². The highest BCUT2D eigenvalue weighted by atomic mass is 35.6. The molecule has 1 aromatic rings. The maximum atomic E-state index is 12.6. The number of anilines is 1. The number of fused-ring (bicyclic) bond motifs is 1. The molecule has 30 heavy (non-hydrogen) atoms. The molecule has 1 fully saturated rings. The Balaban J connectivity index is 1.75. The van der Waals surface area contributed by atoms with Crippen LogP contribution in [0.1, 0.15) is 53.4 Å². The lowest BCUT2D eigenvalue weighted by Gasteiger charge is -2.27. The third kappa shape index (κ3) is 6.07. The average Bonchev–Trinajstić information content (AvgIpc) is 3.32. The van der Waals surface area contributed by atoms with Crippen LogP contribution in [0.25, 0.3) is 0 Å². The van der Waals surface area contributed by atoms with Gasteiger partial charge in [-0.05, 0) is 51.0 Å². The van der Waals surface area contributed by atoms with Crippen LogP contribution in [0.3, 0.4) is 0 Å². The minimum absolute atomic E-state index is 0.116. The zero-order valence-electron chi connectivity index (χ0n) is 16.6. The second kappa shape index (κ2) is 10.6. The van der Waals surface area contributed by atoms with Gasteiger partial charge < -0.3 is 19.5 Å². The predicted molar refractivity (Wildman–Crippen MR) is 118 cm³/mol. The van der Waals surface area contributed by atoms with Gasteiger partial charge in [0.2, 0.25) is 3.79 Å². The number of carbonyl (C=O) groups excluding carboxylic acids is 2. The van der Waals surface area contributed by atoms with Gasteiger partial charge in [0.15, 0.2) is 6.17 Å². The van der Waals surface area contributed by atoms with Crippen molar-refractivity contribution in [3.63, 3.8) is 0 Å². The molecule has 0 aromatic carbocycles. The number of alkyl carbamates (subject to hydrolysis) is 1. The van der Waals surface area contributed by atoms with E-state index in [9.17, 15) is 9.59 Å². The van der Waals surface area contributed by atoms with E-state index in [2.05, 4.69) is 10.6 Å². The number of ether oxygens (including phenoxy) is 3. The Morgan fingerprint density at radius 2 is 2.00 bits per heavy atom. The van der Waals surface area contributed by atoms with E-state index in [-0.39, 0.29) is 19.3 Å². The molecule has 3 rings (SSSR count). The van der Waals surface area contributed by atoms with Crippen molar-refractivity contribution in [2.45, 2.75) is 61.5 Å². The van der Waals surface area contributed by atoms with Crippen LogP contribution in [0.5, 0.6) is 0 Å². The van der Waals surface area contributed by atoms with Gasteiger partial charge in [0.1, 0.15) is 11.6 Å². The highest BCUT2D eigenvalue weighted by Gasteiger charge is 2.37. The molecule has 1 aromatic heterocycles. The van der Waals surface area contributed by atoms with Crippen molar-refractivity contribution < 1.29 is 23.8 Å². The van der Waals surface area contributed by atoms with E-state index >= 15 is 0 Å². The number of carbonyl (C=O) groups is 2. The number of alkyl halides is 3. The maximum Gasteiger partial charge on any atom is 0.408 e. The van der Waals surface area contributed by atoms with Gasteiger partial charge in [0.25, 0.3) is 0 Å². The quantitative estimate of drug-likeness (QED) is 0.318. The van der Waals surface area contributed by atoms with E-state index in [1.165, 1.54) is 11.3 Å². The lowest BCUT2D eigenvalue weighted by molar-refractivity contribution is 0.0432. The van der Waals surface area contributed by atoms with Gasteiger partial charge in [-0.3, -0.25) is 5.32 Å². The van der Waals surface area contributed by atoms with E-state index < -0.39 is 22.0 Å². The molecular formula is C19H25Cl3N2O5S. The van der Waals surface area contributed by atoms with Crippen molar-refractivity contribution >= 4 is 63.2 Å². The van der Waals surface area contributed by atoms with Crippen molar-refractivity contribution in [1.82, 2.24) is 5.32 Å². The topological polar surface area (TPSA) is 85.9 Å². The van der Waals surface area contributed by atoms with Gasteiger partial charge >= 0.3 is 12.1 Å². The summed E-state index contributed by atoms with van der Waals surface area (Å²) in [6, 6.07) is 0. The Kier molecular flexibility index (Phi) is 8.38. The standard InChI is InChI=1S/C19H25Cl3N2O5S/c1-2-27-16(25)14-12-7-3-4-8-13(12)30-15(14)23-17(19(20,21)22)24-18(26)29-10-11-6-5-9-28-11/h11,17,23H,2-10H2,1H3,(H,24,26)/t11-,17+/m1/s1. The number of esters is 1. The van der Waals surface area contributed by atoms with Crippen LogP contribution in [0.15, 0.2) is 0 Å². The minimum atomic E-state index is -1.89. The summed E-state index contributed by atoms with van der Waals surface area (Å²) in [6.45, 7) is 2.79. The smallest absolute Gasteiger partial charge is 0.408 e. The van der Waals surface area contributed by atoms with E-state index in [0.717, 1.165) is 49.0 Å². The van der Waals surface area contributed by atoms with Crippen LogP contribution < -0.4 is 10.6 Å². The van der Waals surface area contributed by atoms with Crippen molar-refractivity contribution in [3.8, 4) is 0 Å². The summed E-state index contributed by atoms with van der Waals surface area (Å²) in [4.78, 5) is 26.0. The third-order valence-corrected chi connectivity index (χ3v) is 6.82. The number of nitrogens with one attached hydrogen (secondary N) is 2. The zero-order chi connectivity index (χ0) is 21.7. The largest absolute Gasteiger partial charge is 0.462 e. The summed E-state index contributed by atoms with van der Waals surface area (Å²) in [5.41, 5.74) is 1.42. The first-order valence-electron chi connectivity index (χ1n) is 9.99. The number of hydrogen-bond acceptors (Lipinski definition) is 7. The molecule has 2 heterocycles. The molecule has 0 bridgehead atoms. The van der Waals surface area contributed by atoms with Crippen LogP contribution in [0.2, 0.25) is 0 Å². The number of thiophene rings is 1. The number of aryl methyl sites for hydroxylation is 1. The first-order valence-corrected chi connectivity index (χ1v) is 11.9. The molecular weight excluding hydrogens is 475 g/mol. The monoisotopic (exact) mass is 498 g/mol. The van der Waals surface area contributed by atoms with Crippen molar-refractivity contribution in [2.24, 2.45) is 0 Å². The van der Waals surface area contributed by atoms with Crippen LogP contribution in [-0.2, 0) is 27.1 Å². The molecule has 168 valence electrons. The Labute approximate surface area is 194 Å². The van der Waals surface area contributed by atoms with E-state index in [0.29, 0.717) is 17.2 Å². The molecule has 1 aliphatic heterocycles. The van der Waals surface area contributed by atoms with Gasteiger partial charge in [-0.25, -0.2) is 9.59 Å². The van der Waals surface area contributed by atoms with Crippen LogP contribution in [0.4, 0.5) is 9.80 Å². The lowest BCUT2D eigenvalue weighted by Crippen LogP contribution is -2.49. The number of hydrogen-bond donors (Lipinski definition) is 2. The molecule has 1 amide bonds. The molecule has 1 aliphatic carbocycles. The van der Waals surface area contributed by atoms with Crippen molar-refractivity contribution in [2.75, 3.05) is 25.1 Å². The second-order valence-corrected chi connectivity index (χ2v) is 10.6. The maximum absolute atomic E-state index is 12.6. The van der Waals surface area contributed by atoms with Crippen molar-refractivity contribution in [3.05, 3.63) is 16.0 Å². The van der Waals surface area contributed by atoms with Crippen LogP contribution in [-0.4, -0.2) is 47.9 Å². The SMILES string of the molecule is CCOC(=O)c1c(N[C@@H](NC(=O)OC[C@H]2CCCO2)C(Cl)(Cl)Cl)sc2c1CCCC2. The van der Waals surface area contributed by atoms with Gasteiger partial charge in [0, 0.05) is 11.5 Å². The Bertz CT molecular complexity index is 762. The first kappa shape index (κ1) is 23.7. The lowest BCUT2D eigenvalue weighted by atomic mass is 9.95. The predicted octanol–water partition coefficient (Wildman–Crippen LogP) is 4.82. The molecule has 11 heteroatoms. The van der Waals surface area contributed by atoms with Crippen molar-refractivity contribution in [1.29, 1.82) is 0 Å². The summed E-state index contributed by atoms with van der Waals surface area (Å²) >= 11 is 19.7. The fourth-order valence-corrected chi connectivity index (χ4v) is 5.15. The number of rotatable bonds is 7. The van der Waals surface area contributed by atoms with E-state index in [4.69, 9.17) is 49.0 Å². The fourth-order valence-electron chi connectivity index (χ4n) is 3.52. The molecule has 1 saturated heterocycles. The average molecular weight is 500 g/mol. The van der Waals surface area contributed by atoms with Gasteiger partial charge in [0.05, 0.1) is 18.3 Å². The highest BCUT2D eigenvalue weighted by Crippen LogP contribution is 2.40. The summed E-state index contributed by atoms with van der Waals surface area (Å²) in [5.74, 6) is -0.427. The number of amides is 1. The molecule has 0 spiro atoms. The van der Waals surface area contributed by atoms with Gasteiger partial charge in [-0.2, -0.15) is 0 Å². The van der Waals surface area contributed by atoms with Crippen LogP contribution in [0, 0.1) is 0 Å².